The number of ether oxygens (including phenoxy) is 1. The maximum absolute atomic E-state index is 11.5. The Bertz CT molecular complexity index is 285. The van der Waals surface area contributed by atoms with Gasteiger partial charge in [0.1, 0.15) is 11.2 Å². The first-order chi connectivity index (χ1) is 6.64. The molecule has 0 atom stereocenters. The van der Waals surface area contributed by atoms with Crippen molar-refractivity contribution in [3.8, 4) is 0 Å². The number of amides is 1. The van der Waals surface area contributed by atoms with Gasteiger partial charge in [0.15, 0.2) is 0 Å². The number of aliphatic hydroxyl groups is 1. The van der Waals surface area contributed by atoms with E-state index >= 15 is 0 Å². The molecule has 0 bridgehead atoms. The minimum absolute atomic E-state index is 0.275. The van der Waals surface area contributed by atoms with E-state index in [4.69, 9.17) is 4.74 Å². The topological polar surface area (TPSA) is 49.8 Å². The van der Waals surface area contributed by atoms with Crippen molar-refractivity contribution >= 4 is 6.09 Å². The highest BCUT2D eigenvalue weighted by molar-refractivity contribution is 5.70. The van der Waals surface area contributed by atoms with Gasteiger partial charge in [-0.2, -0.15) is 0 Å². The molecule has 86 valence electrons. The zero-order valence-electron chi connectivity index (χ0n) is 9.83. The van der Waals surface area contributed by atoms with Gasteiger partial charge in [0.2, 0.25) is 0 Å². The van der Waals surface area contributed by atoms with Crippen LogP contribution in [0.15, 0.2) is 12.2 Å². The molecule has 1 saturated heterocycles. The Morgan fingerprint density at radius 2 is 1.93 bits per heavy atom. The lowest BCUT2D eigenvalue weighted by Gasteiger charge is -2.46. The smallest absolute Gasteiger partial charge is 0.410 e. The summed E-state index contributed by atoms with van der Waals surface area (Å²) in [4.78, 5) is 13.0. The summed E-state index contributed by atoms with van der Waals surface area (Å²) in [5.41, 5.74) is -0.729. The molecule has 0 aromatic heterocycles. The molecule has 4 heteroatoms. The molecule has 0 aromatic rings. The molecule has 0 aromatic carbocycles. The summed E-state index contributed by atoms with van der Waals surface area (Å²) in [6.45, 7) is 11.4. The maximum Gasteiger partial charge on any atom is 0.410 e. The Morgan fingerprint density at radius 1 is 1.47 bits per heavy atom. The zero-order chi connectivity index (χ0) is 11.9. The lowest BCUT2D eigenvalue weighted by atomic mass is 9.88. The number of rotatable bonds is 1. The summed E-state index contributed by atoms with van der Waals surface area (Å²) >= 11 is 0. The molecule has 0 spiro atoms. The number of β-amino-alcohol motifs (C(OH)–C–C–N with tert-alkyl or cyclic N) is 1. The van der Waals surface area contributed by atoms with Crippen LogP contribution in [0.25, 0.3) is 0 Å². The van der Waals surface area contributed by atoms with Crippen molar-refractivity contribution in [2.45, 2.75) is 38.9 Å². The van der Waals surface area contributed by atoms with Crippen LogP contribution in [0.2, 0.25) is 0 Å². The number of nitrogens with zero attached hydrogens (tertiary/aromatic N) is 1. The van der Waals surface area contributed by atoms with Gasteiger partial charge < -0.3 is 14.7 Å². The Kier molecular flexibility index (Phi) is 2.83. The van der Waals surface area contributed by atoms with Gasteiger partial charge in [-0.25, -0.2) is 4.79 Å². The normalized spacial score (nSPS) is 19.4. The van der Waals surface area contributed by atoms with Crippen molar-refractivity contribution in [3.05, 3.63) is 12.2 Å². The van der Waals surface area contributed by atoms with Gasteiger partial charge in [0.25, 0.3) is 0 Å². The lowest BCUT2D eigenvalue weighted by Crippen LogP contribution is -2.64. The van der Waals surface area contributed by atoms with E-state index in [0.29, 0.717) is 5.57 Å². The van der Waals surface area contributed by atoms with Crippen LogP contribution in [0.1, 0.15) is 27.7 Å². The van der Waals surface area contributed by atoms with Gasteiger partial charge in [0.05, 0.1) is 13.1 Å². The van der Waals surface area contributed by atoms with Crippen molar-refractivity contribution in [1.29, 1.82) is 0 Å². The molecule has 1 heterocycles. The van der Waals surface area contributed by atoms with Gasteiger partial charge in [-0.1, -0.05) is 6.58 Å². The van der Waals surface area contributed by atoms with Crippen LogP contribution in [-0.2, 0) is 4.74 Å². The van der Waals surface area contributed by atoms with E-state index < -0.39 is 11.2 Å². The van der Waals surface area contributed by atoms with E-state index in [0.717, 1.165) is 0 Å². The molecule has 0 aliphatic carbocycles. The minimum atomic E-state index is -0.920. The molecule has 1 aliphatic heterocycles. The fourth-order valence-corrected chi connectivity index (χ4v) is 1.31. The van der Waals surface area contributed by atoms with Crippen LogP contribution in [-0.4, -0.2) is 40.4 Å². The third-order valence-corrected chi connectivity index (χ3v) is 2.35. The van der Waals surface area contributed by atoms with Crippen LogP contribution in [0.3, 0.4) is 0 Å². The minimum Gasteiger partial charge on any atom is -0.444 e. The predicted octanol–water partition coefficient (Wildman–Crippen LogP) is 1.54. The number of carbonyl (C=O) groups excluding carboxylic acids is 1. The largest absolute Gasteiger partial charge is 0.444 e. The molecule has 0 saturated carbocycles. The summed E-state index contributed by atoms with van der Waals surface area (Å²) in [5, 5.41) is 9.86. The standard InChI is InChI=1S/C11H19NO3/c1-8(2)11(14)6-12(7-11)9(13)15-10(3,4)5/h14H,1,6-7H2,2-5H3. The molecule has 1 N–H and O–H groups in total. The Morgan fingerprint density at radius 3 is 2.27 bits per heavy atom. The highest BCUT2D eigenvalue weighted by Gasteiger charge is 2.45. The molecule has 1 aliphatic rings. The van der Waals surface area contributed by atoms with Gasteiger partial charge >= 0.3 is 6.09 Å². The highest BCUT2D eigenvalue weighted by Crippen LogP contribution is 2.28. The molecule has 15 heavy (non-hydrogen) atoms. The van der Waals surface area contributed by atoms with Gasteiger partial charge in [-0.15, -0.1) is 0 Å². The van der Waals surface area contributed by atoms with Gasteiger partial charge in [-0.3, -0.25) is 0 Å². The van der Waals surface area contributed by atoms with E-state index in [9.17, 15) is 9.90 Å². The first kappa shape index (κ1) is 12.0. The van der Waals surface area contributed by atoms with Crippen molar-refractivity contribution < 1.29 is 14.6 Å². The van der Waals surface area contributed by atoms with E-state index in [-0.39, 0.29) is 19.2 Å². The molecule has 0 unspecified atom stereocenters. The summed E-state index contributed by atoms with van der Waals surface area (Å²) in [6, 6.07) is 0. The Labute approximate surface area is 90.5 Å². The van der Waals surface area contributed by atoms with E-state index in [1.807, 2.05) is 20.8 Å². The molecule has 1 amide bonds. The summed E-state index contributed by atoms with van der Waals surface area (Å²) in [7, 11) is 0. The van der Waals surface area contributed by atoms with Crippen LogP contribution in [0.5, 0.6) is 0 Å². The first-order valence-electron chi connectivity index (χ1n) is 5.00. The average Bonchev–Trinajstić information content (AvgIpc) is 1.94. The van der Waals surface area contributed by atoms with Crippen molar-refractivity contribution in [3.63, 3.8) is 0 Å². The molecule has 0 radical (unpaired) electrons. The predicted molar refractivity (Wildman–Crippen MR) is 57.6 cm³/mol. The molecular weight excluding hydrogens is 194 g/mol. The average molecular weight is 213 g/mol. The first-order valence-corrected chi connectivity index (χ1v) is 5.00. The van der Waals surface area contributed by atoms with Crippen LogP contribution in [0.4, 0.5) is 4.79 Å². The van der Waals surface area contributed by atoms with E-state index in [1.165, 1.54) is 4.90 Å². The van der Waals surface area contributed by atoms with Crippen molar-refractivity contribution in [1.82, 2.24) is 4.90 Å². The fourth-order valence-electron chi connectivity index (χ4n) is 1.31. The number of hydrogen-bond donors (Lipinski definition) is 1. The third-order valence-electron chi connectivity index (χ3n) is 2.35. The van der Waals surface area contributed by atoms with Crippen LogP contribution < -0.4 is 0 Å². The summed E-state index contributed by atoms with van der Waals surface area (Å²) < 4.78 is 5.16. The summed E-state index contributed by atoms with van der Waals surface area (Å²) in [6.07, 6.45) is -0.381. The van der Waals surface area contributed by atoms with E-state index in [1.54, 1.807) is 6.92 Å². The zero-order valence-corrected chi connectivity index (χ0v) is 9.83. The van der Waals surface area contributed by atoms with Crippen molar-refractivity contribution in [2.24, 2.45) is 0 Å². The van der Waals surface area contributed by atoms with Crippen LogP contribution in [0, 0.1) is 0 Å². The van der Waals surface area contributed by atoms with Crippen molar-refractivity contribution in [2.75, 3.05) is 13.1 Å². The molecule has 1 fully saturated rings. The Hall–Kier alpha value is -1.03. The number of hydrogen-bond acceptors (Lipinski definition) is 3. The third kappa shape index (κ3) is 2.72. The van der Waals surface area contributed by atoms with Gasteiger partial charge in [0, 0.05) is 0 Å². The molecular formula is C11H19NO3. The van der Waals surface area contributed by atoms with E-state index in [2.05, 4.69) is 6.58 Å². The lowest BCUT2D eigenvalue weighted by molar-refractivity contribution is -0.0752. The SMILES string of the molecule is C=C(C)C1(O)CN(C(=O)OC(C)(C)C)C1. The second-order valence-electron chi connectivity index (χ2n) is 5.15. The quantitative estimate of drug-likeness (QED) is 0.672. The maximum atomic E-state index is 11.5. The van der Waals surface area contributed by atoms with Crippen LogP contribution >= 0.6 is 0 Å². The molecule has 4 nitrogen and oxygen atoms in total. The summed E-state index contributed by atoms with van der Waals surface area (Å²) in [5.74, 6) is 0. The second-order valence-corrected chi connectivity index (χ2v) is 5.15. The number of likely N-dealkylation sites (tertiary alicyclic amines) is 1. The monoisotopic (exact) mass is 213 g/mol. The number of carbonyl (C=O) groups is 1. The second kappa shape index (κ2) is 3.52. The highest BCUT2D eigenvalue weighted by atomic mass is 16.6. The van der Waals surface area contributed by atoms with Gasteiger partial charge in [-0.05, 0) is 33.3 Å². The molecule has 1 rings (SSSR count). The fraction of sp³-hybridized carbons (Fsp3) is 0.727. The Balaban J connectivity index is 2.46.